The molecule has 0 saturated carbocycles. The Morgan fingerprint density at radius 2 is 2.21 bits per heavy atom. The molecular weight excluding hydrogens is 269 g/mol. The fourth-order valence-corrected chi connectivity index (χ4v) is 1.62. The third kappa shape index (κ3) is 3.29. The summed E-state index contributed by atoms with van der Waals surface area (Å²) < 4.78 is 0.800. The molecule has 0 bridgehead atoms. The van der Waals surface area contributed by atoms with Crippen molar-refractivity contribution in [3.05, 3.63) is 28.2 Å². The number of rotatable bonds is 3. The van der Waals surface area contributed by atoms with Crippen LogP contribution >= 0.6 is 27.5 Å². The average Bonchev–Trinajstić information content (AvgIpc) is 2.16. The highest BCUT2D eigenvalue weighted by Gasteiger charge is 2.02. The highest BCUT2D eigenvalue weighted by Crippen LogP contribution is 2.19. The SMILES string of the molecule is O=C(CCl)Nc1cc(Br)cc(CO)c1. The van der Waals surface area contributed by atoms with Crippen LogP contribution in [-0.2, 0) is 11.4 Å². The second-order valence-corrected chi connectivity index (χ2v) is 3.87. The highest BCUT2D eigenvalue weighted by atomic mass is 79.9. The van der Waals surface area contributed by atoms with Gasteiger partial charge in [-0.05, 0) is 23.8 Å². The maximum atomic E-state index is 11.0. The second-order valence-electron chi connectivity index (χ2n) is 2.69. The first-order chi connectivity index (χ1) is 6.65. The van der Waals surface area contributed by atoms with Gasteiger partial charge in [0.2, 0.25) is 5.91 Å². The largest absolute Gasteiger partial charge is 0.392 e. The van der Waals surface area contributed by atoms with Crippen molar-refractivity contribution in [3.63, 3.8) is 0 Å². The Balaban J connectivity index is 2.86. The predicted octanol–water partition coefficient (Wildman–Crippen LogP) is 2.12. The van der Waals surface area contributed by atoms with Crippen LogP contribution in [0.2, 0.25) is 0 Å². The smallest absolute Gasteiger partial charge is 0.239 e. The molecule has 0 fully saturated rings. The lowest BCUT2D eigenvalue weighted by Gasteiger charge is -2.05. The first-order valence-corrected chi connectivity index (χ1v) is 5.24. The van der Waals surface area contributed by atoms with Crippen LogP contribution in [0.1, 0.15) is 5.56 Å². The van der Waals surface area contributed by atoms with Gasteiger partial charge in [-0.3, -0.25) is 4.79 Å². The van der Waals surface area contributed by atoms with Gasteiger partial charge in [0.15, 0.2) is 0 Å². The van der Waals surface area contributed by atoms with Crippen LogP contribution in [0, 0.1) is 0 Å². The van der Waals surface area contributed by atoms with Gasteiger partial charge in [-0.1, -0.05) is 15.9 Å². The standard InChI is InChI=1S/C9H9BrClNO2/c10-7-1-6(5-13)2-8(3-7)12-9(14)4-11/h1-3,13H,4-5H2,(H,12,14). The van der Waals surface area contributed by atoms with Crippen molar-refractivity contribution in [1.29, 1.82) is 0 Å². The minimum absolute atomic E-state index is 0.0663. The number of benzene rings is 1. The fourth-order valence-electron chi connectivity index (χ4n) is 1.01. The number of hydrogen-bond acceptors (Lipinski definition) is 2. The summed E-state index contributed by atoms with van der Waals surface area (Å²) in [5, 5.41) is 11.5. The number of anilines is 1. The maximum Gasteiger partial charge on any atom is 0.239 e. The van der Waals surface area contributed by atoms with E-state index in [1.807, 2.05) is 0 Å². The van der Waals surface area contributed by atoms with E-state index in [0.717, 1.165) is 10.0 Å². The normalized spacial score (nSPS) is 9.93. The molecule has 1 rings (SSSR count). The number of carbonyl (C=O) groups excluding carboxylic acids is 1. The first kappa shape index (κ1) is 11.5. The van der Waals surface area contributed by atoms with Crippen molar-refractivity contribution in [2.75, 3.05) is 11.2 Å². The van der Waals surface area contributed by atoms with Crippen LogP contribution in [-0.4, -0.2) is 16.9 Å². The van der Waals surface area contributed by atoms with Crippen LogP contribution in [0.5, 0.6) is 0 Å². The Labute approximate surface area is 95.2 Å². The summed E-state index contributed by atoms with van der Waals surface area (Å²) in [6, 6.07) is 5.20. The molecule has 14 heavy (non-hydrogen) atoms. The van der Waals surface area contributed by atoms with E-state index in [-0.39, 0.29) is 18.4 Å². The van der Waals surface area contributed by atoms with Crippen LogP contribution in [0.15, 0.2) is 22.7 Å². The number of carbonyl (C=O) groups is 1. The van der Waals surface area contributed by atoms with Gasteiger partial charge >= 0.3 is 0 Å². The zero-order valence-corrected chi connectivity index (χ0v) is 9.60. The zero-order valence-electron chi connectivity index (χ0n) is 7.26. The Morgan fingerprint density at radius 1 is 1.50 bits per heavy atom. The van der Waals surface area contributed by atoms with Crippen molar-refractivity contribution in [2.45, 2.75) is 6.61 Å². The minimum Gasteiger partial charge on any atom is -0.392 e. The van der Waals surface area contributed by atoms with Crippen molar-refractivity contribution in [2.24, 2.45) is 0 Å². The van der Waals surface area contributed by atoms with E-state index in [1.54, 1.807) is 18.2 Å². The minimum atomic E-state index is -0.270. The van der Waals surface area contributed by atoms with Crippen LogP contribution in [0.3, 0.4) is 0 Å². The fraction of sp³-hybridized carbons (Fsp3) is 0.222. The Morgan fingerprint density at radius 3 is 2.79 bits per heavy atom. The lowest BCUT2D eigenvalue weighted by Crippen LogP contribution is -2.12. The number of nitrogens with one attached hydrogen (secondary N) is 1. The van der Waals surface area contributed by atoms with Gasteiger partial charge in [0, 0.05) is 10.2 Å². The topological polar surface area (TPSA) is 49.3 Å². The van der Waals surface area contributed by atoms with Crippen LogP contribution in [0.25, 0.3) is 0 Å². The van der Waals surface area contributed by atoms with Gasteiger partial charge in [-0.15, -0.1) is 11.6 Å². The Bertz CT molecular complexity index is 344. The number of amides is 1. The van der Waals surface area contributed by atoms with Gasteiger partial charge in [0.25, 0.3) is 0 Å². The third-order valence-corrected chi connectivity index (χ3v) is 2.25. The molecule has 76 valence electrons. The number of alkyl halides is 1. The molecule has 0 aliphatic rings. The van der Waals surface area contributed by atoms with E-state index in [9.17, 15) is 4.79 Å². The summed E-state index contributed by atoms with van der Waals surface area (Å²) in [5.74, 6) is -0.352. The molecule has 1 amide bonds. The van der Waals surface area contributed by atoms with Crippen LogP contribution < -0.4 is 5.32 Å². The lowest BCUT2D eigenvalue weighted by molar-refractivity contribution is -0.113. The Kier molecular flexibility index (Phi) is 4.38. The van der Waals surface area contributed by atoms with Crippen molar-refractivity contribution < 1.29 is 9.90 Å². The number of aliphatic hydroxyl groups excluding tert-OH is 1. The molecule has 0 spiro atoms. The van der Waals surface area contributed by atoms with Gasteiger partial charge < -0.3 is 10.4 Å². The predicted molar refractivity (Wildman–Crippen MR) is 59.4 cm³/mol. The maximum absolute atomic E-state index is 11.0. The lowest BCUT2D eigenvalue weighted by atomic mass is 10.2. The molecule has 0 atom stereocenters. The summed E-state index contributed by atoms with van der Waals surface area (Å²) >= 11 is 8.61. The molecular formula is C9H9BrClNO2. The molecule has 0 aliphatic carbocycles. The zero-order chi connectivity index (χ0) is 10.6. The molecule has 0 radical (unpaired) electrons. The molecule has 5 heteroatoms. The average molecular weight is 279 g/mol. The van der Waals surface area contributed by atoms with Crippen molar-refractivity contribution >= 4 is 39.1 Å². The second kappa shape index (κ2) is 5.34. The molecule has 1 aromatic rings. The molecule has 0 saturated heterocycles. The number of halogens is 2. The molecule has 3 nitrogen and oxygen atoms in total. The van der Waals surface area contributed by atoms with E-state index >= 15 is 0 Å². The van der Waals surface area contributed by atoms with Crippen molar-refractivity contribution in [1.82, 2.24) is 0 Å². The summed E-state index contributed by atoms with van der Waals surface area (Å²) in [4.78, 5) is 11.0. The highest BCUT2D eigenvalue weighted by molar-refractivity contribution is 9.10. The molecule has 0 unspecified atom stereocenters. The number of hydrogen-bond donors (Lipinski definition) is 2. The van der Waals surface area contributed by atoms with E-state index < -0.39 is 0 Å². The molecule has 2 N–H and O–H groups in total. The first-order valence-electron chi connectivity index (χ1n) is 3.92. The third-order valence-electron chi connectivity index (χ3n) is 1.55. The summed E-state index contributed by atoms with van der Waals surface area (Å²) in [5.41, 5.74) is 1.35. The molecule has 0 aromatic heterocycles. The Hall–Kier alpha value is -0.580. The monoisotopic (exact) mass is 277 g/mol. The number of aliphatic hydroxyl groups is 1. The van der Waals surface area contributed by atoms with Crippen molar-refractivity contribution in [3.8, 4) is 0 Å². The van der Waals surface area contributed by atoms with E-state index in [1.165, 1.54) is 0 Å². The van der Waals surface area contributed by atoms with Gasteiger partial charge in [0.1, 0.15) is 5.88 Å². The molecule has 0 heterocycles. The van der Waals surface area contributed by atoms with E-state index in [2.05, 4.69) is 21.2 Å². The van der Waals surface area contributed by atoms with E-state index in [0.29, 0.717) is 5.69 Å². The summed E-state index contributed by atoms with van der Waals surface area (Å²) in [6.07, 6.45) is 0. The van der Waals surface area contributed by atoms with Gasteiger partial charge in [-0.2, -0.15) is 0 Å². The quantitative estimate of drug-likeness (QED) is 0.832. The molecule has 1 aromatic carbocycles. The van der Waals surface area contributed by atoms with Gasteiger partial charge in [-0.25, -0.2) is 0 Å². The summed E-state index contributed by atoms with van der Waals surface area (Å²) in [6.45, 7) is -0.0663. The molecule has 0 aliphatic heterocycles. The van der Waals surface area contributed by atoms with Gasteiger partial charge in [0.05, 0.1) is 6.61 Å². The van der Waals surface area contributed by atoms with E-state index in [4.69, 9.17) is 16.7 Å². The van der Waals surface area contributed by atoms with Crippen LogP contribution in [0.4, 0.5) is 5.69 Å². The summed E-state index contributed by atoms with van der Waals surface area (Å²) in [7, 11) is 0.